The highest BCUT2D eigenvalue weighted by Crippen LogP contribution is 2.44. The van der Waals surface area contributed by atoms with Crippen molar-refractivity contribution in [1.29, 1.82) is 0 Å². The summed E-state index contributed by atoms with van der Waals surface area (Å²) in [6.07, 6.45) is 3.00. The topological polar surface area (TPSA) is 58.4 Å². The van der Waals surface area contributed by atoms with E-state index < -0.39 is 0 Å². The maximum atomic E-state index is 12.0. The van der Waals surface area contributed by atoms with Crippen molar-refractivity contribution in [3.63, 3.8) is 0 Å². The van der Waals surface area contributed by atoms with Crippen LogP contribution in [0.15, 0.2) is 0 Å². The lowest BCUT2D eigenvalue weighted by molar-refractivity contribution is -0.126. The van der Waals surface area contributed by atoms with E-state index in [1.54, 1.807) is 0 Å². The molecule has 0 heterocycles. The molecule has 0 bridgehead atoms. The van der Waals surface area contributed by atoms with Crippen molar-refractivity contribution in [1.82, 2.24) is 10.2 Å². The lowest BCUT2D eigenvalue weighted by Gasteiger charge is -2.27. The van der Waals surface area contributed by atoms with Crippen LogP contribution in [0, 0.1) is 11.3 Å². The SMILES string of the molecule is CC(C)CC(CNC(=O)C1(CN)CC1)N(C)C. The molecule has 1 unspecified atom stereocenters. The van der Waals surface area contributed by atoms with Crippen molar-refractivity contribution in [2.24, 2.45) is 17.1 Å². The fourth-order valence-corrected chi connectivity index (χ4v) is 2.09. The van der Waals surface area contributed by atoms with Gasteiger partial charge in [-0.05, 0) is 39.3 Å². The highest BCUT2D eigenvalue weighted by Gasteiger charge is 2.48. The third-order valence-electron chi connectivity index (χ3n) is 3.70. The first-order valence-electron chi connectivity index (χ1n) is 6.56. The molecule has 0 aromatic carbocycles. The molecule has 3 N–H and O–H groups in total. The first kappa shape index (κ1) is 14.5. The first-order valence-corrected chi connectivity index (χ1v) is 6.56. The number of hydrogen-bond donors (Lipinski definition) is 2. The zero-order chi connectivity index (χ0) is 13.1. The van der Waals surface area contributed by atoms with Gasteiger partial charge >= 0.3 is 0 Å². The summed E-state index contributed by atoms with van der Waals surface area (Å²) in [5.41, 5.74) is 5.42. The highest BCUT2D eigenvalue weighted by atomic mass is 16.2. The minimum atomic E-state index is -0.227. The van der Waals surface area contributed by atoms with E-state index in [1.165, 1.54) is 0 Å². The van der Waals surface area contributed by atoms with E-state index in [0.717, 1.165) is 25.8 Å². The predicted molar refractivity (Wildman–Crippen MR) is 70.7 cm³/mol. The summed E-state index contributed by atoms with van der Waals surface area (Å²) in [7, 11) is 4.13. The lowest BCUT2D eigenvalue weighted by atomic mass is 10.0. The van der Waals surface area contributed by atoms with Gasteiger partial charge in [0.1, 0.15) is 0 Å². The van der Waals surface area contributed by atoms with Gasteiger partial charge in [-0.25, -0.2) is 0 Å². The Bertz CT molecular complexity index is 259. The molecule has 1 aliphatic rings. The van der Waals surface area contributed by atoms with Gasteiger partial charge < -0.3 is 16.0 Å². The van der Waals surface area contributed by atoms with Crippen molar-refractivity contribution in [2.75, 3.05) is 27.2 Å². The van der Waals surface area contributed by atoms with Crippen LogP contribution < -0.4 is 11.1 Å². The van der Waals surface area contributed by atoms with Crippen LogP contribution in [0.3, 0.4) is 0 Å². The Balaban J connectivity index is 2.39. The van der Waals surface area contributed by atoms with Gasteiger partial charge in [0, 0.05) is 19.1 Å². The third kappa shape index (κ3) is 3.96. The summed E-state index contributed by atoms with van der Waals surface area (Å²) in [6.45, 7) is 5.63. The van der Waals surface area contributed by atoms with E-state index in [-0.39, 0.29) is 11.3 Å². The summed E-state index contributed by atoms with van der Waals surface area (Å²) in [5.74, 6) is 0.791. The van der Waals surface area contributed by atoms with Crippen LogP contribution in [0.25, 0.3) is 0 Å². The van der Waals surface area contributed by atoms with E-state index in [4.69, 9.17) is 5.73 Å². The molecule has 0 spiro atoms. The second-order valence-electron chi connectivity index (χ2n) is 5.94. The molecule has 0 aromatic heterocycles. The van der Waals surface area contributed by atoms with Crippen molar-refractivity contribution in [2.45, 2.75) is 39.2 Å². The Hall–Kier alpha value is -0.610. The molecule has 17 heavy (non-hydrogen) atoms. The molecular formula is C13H27N3O. The number of carbonyl (C=O) groups is 1. The quantitative estimate of drug-likeness (QED) is 0.694. The van der Waals surface area contributed by atoms with Crippen LogP contribution in [0.4, 0.5) is 0 Å². The maximum Gasteiger partial charge on any atom is 0.227 e. The molecule has 1 fully saturated rings. The smallest absolute Gasteiger partial charge is 0.227 e. The first-order chi connectivity index (χ1) is 7.91. The summed E-state index contributed by atoms with van der Waals surface area (Å²) < 4.78 is 0. The van der Waals surface area contributed by atoms with Gasteiger partial charge in [0.25, 0.3) is 0 Å². The van der Waals surface area contributed by atoms with Gasteiger partial charge in [0.2, 0.25) is 5.91 Å². The van der Waals surface area contributed by atoms with Gasteiger partial charge in [-0.2, -0.15) is 0 Å². The molecular weight excluding hydrogens is 214 g/mol. The number of rotatable bonds is 7. The number of nitrogens with one attached hydrogen (secondary N) is 1. The molecule has 4 heteroatoms. The number of nitrogens with two attached hydrogens (primary N) is 1. The summed E-state index contributed by atoms with van der Waals surface area (Å²) in [4.78, 5) is 14.1. The van der Waals surface area contributed by atoms with Gasteiger partial charge in [-0.3, -0.25) is 4.79 Å². The number of nitrogens with zero attached hydrogens (tertiary/aromatic N) is 1. The van der Waals surface area contributed by atoms with Crippen molar-refractivity contribution in [3.05, 3.63) is 0 Å². The molecule has 1 amide bonds. The summed E-state index contributed by atoms with van der Waals surface area (Å²) in [6, 6.07) is 0.410. The van der Waals surface area contributed by atoms with E-state index >= 15 is 0 Å². The van der Waals surface area contributed by atoms with Crippen LogP contribution >= 0.6 is 0 Å². The van der Waals surface area contributed by atoms with Gasteiger partial charge in [0.05, 0.1) is 5.41 Å². The minimum absolute atomic E-state index is 0.149. The second kappa shape index (κ2) is 5.83. The second-order valence-corrected chi connectivity index (χ2v) is 5.94. The fourth-order valence-electron chi connectivity index (χ4n) is 2.09. The van der Waals surface area contributed by atoms with E-state index in [0.29, 0.717) is 18.5 Å². The molecule has 4 nitrogen and oxygen atoms in total. The largest absolute Gasteiger partial charge is 0.354 e. The number of likely N-dealkylation sites (N-methyl/N-ethyl adjacent to an activating group) is 1. The monoisotopic (exact) mass is 241 g/mol. The lowest BCUT2D eigenvalue weighted by Crippen LogP contribution is -2.44. The Labute approximate surface area is 105 Å². The highest BCUT2D eigenvalue weighted by molar-refractivity contribution is 5.85. The van der Waals surface area contributed by atoms with E-state index in [9.17, 15) is 4.79 Å². The van der Waals surface area contributed by atoms with Gasteiger partial charge in [0.15, 0.2) is 0 Å². The summed E-state index contributed by atoms with van der Waals surface area (Å²) in [5, 5.41) is 3.06. The standard InChI is InChI=1S/C13H27N3O/c1-10(2)7-11(16(3)4)8-15-12(17)13(9-14)5-6-13/h10-11H,5-9,14H2,1-4H3,(H,15,17). The number of hydrogen-bond acceptors (Lipinski definition) is 3. The van der Waals surface area contributed by atoms with Crippen LogP contribution in [0.2, 0.25) is 0 Å². The van der Waals surface area contributed by atoms with Crippen LogP contribution in [-0.4, -0.2) is 44.0 Å². The van der Waals surface area contributed by atoms with Crippen molar-refractivity contribution >= 4 is 5.91 Å². The van der Waals surface area contributed by atoms with Crippen LogP contribution in [0.1, 0.15) is 33.1 Å². The molecule has 1 rings (SSSR count). The number of amides is 1. The van der Waals surface area contributed by atoms with Crippen LogP contribution in [-0.2, 0) is 4.79 Å². The number of carbonyl (C=O) groups excluding carboxylic acids is 1. The van der Waals surface area contributed by atoms with Gasteiger partial charge in [-0.15, -0.1) is 0 Å². The molecule has 1 aliphatic carbocycles. The van der Waals surface area contributed by atoms with Crippen molar-refractivity contribution < 1.29 is 4.79 Å². The predicted octanol–water partition coefficient (Wildman–Crippen LogP) is 0.818. The van der Waals surface area contributed by atoms with E-state index in [2.05, 4.69) is 38.2 Å². The zero-order valence-corrected chi connectivity index (χ0v) is 11.6. The van der Waals surface area contributed by atoms with Crippen molar-refractivity contribution in [3.8, 4) is 0 Å². The molecule has 1 atom stereocenters. The third-order valence-corrected chi connectivity index (χ3v) is 3.70. The Morgan fingerprint density at radius 2 is 2.00 bits per heavy atom. The Morgan fingerprint density at radius 1 is 1.41 bits per heavy atom. The summed E-state index contributed by atoms with van der Waals surface area (Å²) >= 11 is 0. The average Bonchev–Trinajstić information content (AvgIpc) is 3.03. The average molecular weight is 241 g/mol. The Kier molecular flexibility index (Phi) is 4.95. The normalized spacial score (nSPS) is 19.5. The Morgan fingerprint density at radius 3 is 2.35 bits per heavy atom. The van der Waals surface area contributed by atoms with Crippen LogP contribution in [0.5, 0.6) is 0 Å². The molecule has 0 aliphatic heterocycles. The molecule has 0 aromatic rings. The fraction of sp³-hybridized carbons (Fsp3) is 0.923. The minimum Gasteiger partial charge on any atom is -0.354 e. The molecule has 0 radical (unpaired) electrons. The van der Waals surface area contributed by atoms with Gasteiger partial charge in [-0.1, -0.05) is 13.8 Å². The molecule has 0 saturated heterocycles. The van der Waals surface area contributed by atoms with E-state index in [1.807, 2.05) is 0 Å². The maximum absolute atomic E-state index is 12.0. The zero-order valence-electron chi connectivity index (χ0n) is 11.6. The molecule has 1 saturated carbocycles. The molecule has 100 valence electrons.